The van der Waals surface area contributed by atoms with Crippen LogP contribution in [0.5, 0.6) is 0 Å². The fraction of sp³-hybridized carbons (Fsp3) is 0.667. The standard InChI is InChI=1S/C12H22N2O2S2/c1-9(12(2,3)4)14(5)18(15,16)11-7-6-10(8-13)17-11/h6-7,9H,8,13H2,1-5H3. The van der Waals surface area contributed by atoms with E-state index in [4.69, 9.17) is 5.73 Å². The van der Waals surface area contributed by atoms with Crippen LogP contribution in [0.2, 0.25) is 0 Å². The Kier molecular flexibility index (Phi) is 4.59. The van der Waals surface area contributed by atoms with Gasteiger partial charge in [0.15, 0.2) is 0 Å². The summed E-state index contributed by atoms with van der Waals surface area (Å²) in [5.74, 6) is 0. The van der Waals surface area contributed by atoms with E-state index in [1.807, 2.05) is 27.7 Å². The largest absolute Gasteiger partial charge is 0.326 e. The Morgan fingerprint density at radius 2 is 1.94 bits per heavy atom. The summed E-state index contributed by atoms with van der Waals surface area (Å²) in [6, 6.07) is 3.33. The molecule has 1 aromatic rings. The van der Waals surface area contributed by atoms with Gasteiger partial charge in [0.2, 0.25) is 0 Å². The fourth-order valence-corrected chi connectivity index (χ4v) is 4.47. The molecule has 0 saturated heterocycles. The summed E-state index contributed by atoms with van der Waals surface area (Å²) < 4.78 is 26.7. The SMILES string of the molecule is CC(N(C)S(=O)(=O)c1ccc(CN)s1)C(C)(C)C. The lowest BCUT2D eigenvalue weighted by Crippen LogP contribution is -2.42. The number of hydrogen-bond donors (Lipinski definition) is 1. The minimum Gasteiger partial charge on any atom is -0.326 e. The summed E-state index contributed by atoms with van der Waals surface area (Å²) in [6.07, 6.45) is 0. The van der Waals surface area contributed by atoms with Crippen LogP contribution < -0.4 is 5.73 Å². The van der Waals surface area contributed by atoms with Crippen molar-refractivity contribution in [1.82, 2.24) is 4.31 Å². The Labute approximate surface area is 114 Å². The van der Waals surface area contributed by atoms with Gasteiger partial charge in [0.1, 0.15) is 4.21 Å². The van der Waals surface area contributed by atoms with E-state index in [2.05, 4.69) is 0 Å². The second-order valence-electron chi connectivity index (χ2n) is 5.49. The number of nitrogens with two attached hydrogens (primary N) is 1. The van der Waals surface area contributed by atoms with Crippen molar-refractivity contribution < 1.29 is 8.42 Å². The number of sulfonamides is 1. The molecule has 0 bridgehead atoms. The first-order chi connectivity index (χ1) is 8.10. The maximum atomic E-state index is 12.4. The lowest BCUT2D eigenvalue weighted by atomic mass is 9.88. The molecule has 1 unspecified atom stereocenters. The van der Waals surface area contributed by atoms with Crippen LogP contribution in [0.25, 0.3) is 0 Å². The molecular weight excluding hydrogens is 268 g/mol. The summed E-state index contributed by atoms with van der Waals surface area (Å²) in [5, 5.41) is 0. The van der Waals surface area contributed by atoms with Crippen LogP contribution in [0.3, 0.4) is 0 Å². The molecule has 0 aliphatic heterocycles. The zero-order valence-electron chi connectivity index (χ0n) is 11.6. The number of nitrogens with zero attached hydrogens (tertiary/aromatic N) is 1. The summed E-state index contributed by atoms with van der Waals surface area (Å²) in [6.45, 7) is 8.39. The third-order valence-corrected chi connectivity index (χ3v) is 6.77. The van der Waals surface area contributed by atoms with E-state index >= 15 is 0 Å². The molecule has 0 amide bonds. The van der Waals surface area contributed by atoms with E-state index in [1.165, 1.54) is 15.6 Å². The van der Waals surface area contributed by atoms with Crippen LogP contribution in [0, 0.1) is 5.41 Å². The van der Waals surface area contributed by atoms with Gasteiger partial charge in [-0.15, -0.1) is 11.3 Å². The maximum absolute atomic E-state index is 12.4. The highest BCUT2D eigenvalue weighted by atomic mass is 32.2. The molecule has 1 rings (SSSR count). The minimum absolute atomic E-state index is 0.0778. The quantitative estimate of drug-likeness (QED) is 0.925. The molecule has 0 aliphatic rings. The molecule has 1 heterocycles. The molecule has 1 aromatic heterocycles. The van der Waals surface area contributed by atoms with Crippen LogP contribution in [0.1, 0.15) is 32.6 Å². The summed E-state index contributed by atoms with van der Waals surface area (Å²) >= 11 is 1.24. The lowest BCUT2D eigenvalue weighted by molar-refractivity contribution is 0.217. The van der Waals surface area contributed by atoms with Crippen LogP contribution in [0.15, 0.2) is 16.3 Å². The highest BCUT2D eigenvalue weighted by Gasteiger charge is 2.33. The van der Waals surface area contributed by atoms with Crippen LogP contribution in [-0.4, -0.2) is 25.8 Å². The van der Waals surface area contributed by atoms with Crippen molar-refractivity contribution >= 4 is 21.4 Å². The van der Waals surface area contributed by atoms with Gasteiger partial charge in [-0.1, -0.05) is 20.8 Å². The van der Waals surface area contributed by atoms with E-state index in [9.17, 15) is 8.42 Å². The first kappa shape index (κ1) is 15.6. The molecule has 18 heavy (non-hydrogen) atoms. The van der Waals surface area contributed by atoms with Crippen LogP contribution >= 0.6 is 11.3 Å². The Morgan fingerprint density at radius 1 is 1.39 bits per heavy atom. The molecule has 2 N–H and O–H groups in total. The van der Waals surface area contributed by atoms with E-state index < -0.39 is 10.0 Å². The van der Waals surface area contributed by atoms with Crippen molar-refractivity contribution in [1.29, 1.82) is 0 Å². The Bertz CT molecular complexity index is 500. The topological polar surface area (TPSA) is 63.4 Å². The van der Waals surface area contributed by atoms with Gasteiger partial charge in [-0.3, -0.25) is 0 Å². The molecule has 0 radical (unpaired) electrons. The van der Waals surface area contributed by atoms with Gasteiger partial charge >= 0.3 is 0 Å². The Balaban J connectivity index is 3.07. The van der Waals surface area contributed by atoms with Crippen LogP contribution in [0.4, 0.5) is 0 Å². The molecule has 0 saturated carbocycles. The van der Waals surface area contributed by atoms with Gasteiger partial charge in [-0.2, -0.15) is 4.31 Å². The van der Waals surface area contributed by atoms with Crippen molar-refractivity contribution in [2.24, 2.45) is 11.1 Å². The van der Waals surface area contributed by atoms with Gasteiger partial charge in [-0.05, 0) is 24.5 Å². The van der Waals surface area contributed by atoms with Gasteiger partial charge in [0, 0.05) is 24.5 Å². The molecule has 104 valence electrons. The van der Waals surface area contributed by atoms with Crippen molar-refractivity contribution in [3.8, 4) is 0 Å². The predicted molar refractivity (Wildman–Crippen MR) is 76.1 cm³/mol. The van der Waals surface area contributed by atoms with Gasteiger partial charge in [0.05, 0.1) is 0 Å². The fourth-order valence-electron chi connectivity index (χ4n) is 1.50. The summed E-state index contributed by atoms with van der Waals surface area (Å²) in [4.78, 5) is 0.880. The Hall–Kier alpha value is -0.430. The first-order valence-corrected chi connectivity index (χ1v) is 8.13. The molecule has 6 heteroatoms. The molecule has 0 aliphatic carbocycles. The maximum Gasteiger partial charge on any atom is 0.252 e. The molecule has 0 aromatic carbocycles. The molecule has 0 spiro atoms. The zero-order valence-corrected chi connectivity index (χ0v) is 13.2. The highest BCUT2D eigenvalue weighted by Crippen LogP contribution is 2.30. The lowest BCUT2D eigenvalue weighted by Gasteiger charge is -2.34. The van der Waals surface area contributed by atoms with Gasteiger partial charge in [-0.25, -0.2) is 8.42 Å². The first-order valence-electron chi connectivity index (χ1n) is 5.87. The minimum atomic E-state index is -3.41. The van der Waals surface area contributed by atoms with Gasteiger partial charge < -0.3 is 5.73 Å². The third kappa shape index (κ3) is 3.12. The highest BCUT2D eigenvalue weighted by molar-refractivity contribution is 7.91. The Morgan fingerprint density at radius 3 is 2.33 bits per heavy atom. The van der Waals surface area contributed by atoms with Gasteiger partial charge in [0.25, 0.3) is 10.0 Å². The van der Waals surface area contributed by atoms with Crippen molar-refractivity contribution in [3.05, 3.63) is 17.0 Å². The number of thiophene rings is 1. The molecule has 4 nitrogen and oxygen atoms in total. The normalized spacial score (nSPS) is 15.1. The third-order valence-electron chi connectivity index (χ3n) is 3.27. The van der Waals surface area contributed by atoms with E-state index in [-0.39, 0.29) is 11.5 Å². The summed E-state index contributed by atoms with van der Waals surface area (Å²) in [7, 11) is -1.78. The van der Waals surface area contributed by atoms with Crippen molar-refractivity contribution in [2.45, 2.75) is 44.5 Å². The van der Waals surface area contributed by atoms with Crippen molar-refractivity contribution in [3.63, 3.8) is 0 Å². The van der Waals surface area contributed by atoms with E-state index in [1.54, 1.807) is 19.2 Å². The predicted octanol–water partition coefficient (Wildman–Crippen LogP) is 2.26. The number of hydrogen-bond acceptors (Lipinski definition) is 4. The van der Waals surface area contributed by atoms with E-state index in [0.717, 1.165) is 4.88 Å². The van der Waals surface area contributed by atoms with E-state index in [0.29, 0.717) is 10.8 Å². The monoisotopic (exact) mass is 290 g/mol. The number of rotatable bonds is 4. The smallest absolute Gasteiger partial charge is 0.252 e. The molecular formula is C12H22N2O2S2. The second-order valence-corrected chi connectivity index (χ2v) is 8.88. The van der Waals surface area contributed by atoms with Crippen LogP contribution in [-0.2, 0) is 16.6 Å². The second kappa shape index (κ2) is 5.28. The average Bonchev–Trinajstić information content (AvgIpc) is 2.74. The average molecular weight is 290 g/mol. The van der Waals surface area contributed by atoms with Crippen molar-refractivity contribution in [2.75, 3.05) is 7.05 Å². The summed E-state index contributed by atoms with van der Waals surface area (Å²) in [5.41, 5.74) is 5.41. The zero-order chi connectivity index (χ0) is 14.1. The molecule has 0 fully saturated rings. The molecule has 1 atom stereocenters.